The van der Waals surface area contributed by atoms with E-state index in [0.717, 1.165) is 38.5 Å². The molecule has 1 saturated heterocycles. The van der Waals surface area contributed by atoms with Crippen molar-refractivity contribution in [2.45, 2.75) is 45.9 Å². The summed E-state index contributed by atoms with van der Waals surface area (Å²) in [5.74, 6) is 1.02. The third-order valence-electron chi connectivity index (χ3n) is 3.54. The van der Waals surface area contributed by atoms with Crippen LogP contribution in [0.3, 0.4) is 0 Å². The highest BCUT2D eigenvalue weighted by Gasteiger charge is 2.24. The number of morpholine rings is 1. The van der Waals surface area contributed by atoms with Crippen LogP contribution >= 0.6 is 0 Å². The van der Waals surface area contributed by atoms with Gasteiger partial charge in [-0.15, -0.1) is 0 Å². The minimum atomic E-state index is 0.319. The molecular weight excluding hydrogens is 238 g/mol. The smallest absolute Gasteiger partial charge is 0.130 e. The van der Waals surface area contributed by atoms with E-state index < -0.39 is 0 Å². The van der Waals surface area contributed by atoms with E-state index in [1.54, 1.807) is 0 Å². The van der Waals surface area contributed by atoms with Crippen LogP contribution in [0.2, 0.25) is 0 Å². The summed E-state index contributed by atoms with van der Waals surface area (Å²) in [6, 6.07) is 4.65. The lowest BCUT2D eigenvalue weighted by Crippen LogP contribution is -2.46. The second kappa shape index (κ2) is 6.87. The van der Waals surface area contributed by atoms with Crippen molar-refractivity contribution in [1.82, 2.24) is 9.88 Å². The average Bonchev–Trinajstić information content (AvgIpc) is 2.42. The maximum absolute atomic E-state index is 5.68. The van der Waals surface area contributed by atoms with Crippen LogP contribution in [-0.4, -0.2) is 41.7 Å². The molecule has 19 heavy (non-hydrogen) atoms. The first-order valence-corrected chi connectivity index (χ1v) is 7.24. The van der Waals surface area contributed by atoms with Crippen molar-refractivity contribution >= 4 is 5.82 Å². The lowest BCUT2D eigenvalue weighted by Gasteiger charge is -2.37. The SMILES string of the molecule is CCCNc1ncccc1CN1CC(C)OCC1C. The van der Waals surface area contributed by atoms with Crippen molar-refractivity contribution in [3.05, 3.63) is 23.9 Å². The third-order valence-corrected chi connectivity index (χ3v) is 3.54. The fourth-order valence-corrected chi connectivity index (χ4v) is 2.38. The van der Waals surface area contributed by atoms with Crippen LogP contribution in [0, 0.1) is 0 Å². The quantitative estimate of drug-likeness (QED) is 0.885. The maximum atomic E-state index is 5.68. The maximum Gasteiger partial charge on any atom is 0.130 e. The van der Waals surface area contributed by atoms with E-state index in [1.165, 1.54) is 5.56 Å². The van der Waals surface area contributed by atoms with E-state index in [1.807, 2.05) is 12.3 Å². The number of ether oxygens (including phenoxy) is 1. The Morgan fingerprint density at radius 3 is 3.11 bits per heavy atom. The molecule has 1 aromatic rings. The number of pyridine rings is 1. The second-order valence-corrected chi connectivity index (χ2v) is 5.36. The average molecular weight is 263 g/mol. The second-order valence-electron chi connectivity index (χ2n) is 5.36. The summed E-state index contributed by atoms with van der Waals surface area (Å²) in [7, 11) is 0. The first-order valence-electron chi connectivity index (χ1n) is 7.24. The van der Waals surface area contributed by atoms with Crippen molar-refractivity contribution in [1.29, 1.82) is 0 Å². The van der Waals surface area contributed by atoms with Gasteiger partial charge in [-0.05, 0) is 26.3 Å². The zero-order valence-corrected chi connectivity index (χ0v) is 12.2. The molecule has 2 atom stereocenters. The van der Waals surface area contributed by atoms with Crippen LogP contribution in [0.25, 0.3) is 0 Å². The Labute approximate surface area is 116 Å². The number of nitrogens with one attached hydrogen (secondary N) is 1. The van der Waals surface area contributed by atoms with Gasteiger partial charge < -0.3 is 10.1 Å². The highest BCUT2D eigenvalue weighted by atomic mass is 16.5. The van der Waals surface area contributed by atoms with Crippen molar-refractivity contribution in [2.24, 2.45) is 0 Å². The molecule has 0 aliphatic carbocycles. The van der Waals surface area contributed by atoms with E-state index in [2.05, 4.69) is 42.0 Å². The summed E-state index contributed by atoms with van der Waals surface area (Å²) in [5.41, 5.74) is 1.27. The largest absolute Gasteiger partial charge is 0.376 e. The Kier molecular flexibility index (Phi) is 5.16. The van der Waals surface area contributed by atoms with Crippen LogP contribution in [0.5, 0.6) is 0 Å². The Morgan fingerprint density at radius 1 is 1.47 bits per heavy atom. The van der Waals surface area contributed by atoms with Crippen molar-refractivity contribution < 1.29 is 4.74 Å². The molecule has 2 rings (SSSR count). The van der Waals surface area contributed by atoms with Crippen LogP contribution in [0.4, 0.5) is 5.82 Å². The van der Waals surface area contributed by atoms with Gasteiger partial charge in [0.25, 0.3) is 0 Å². The predicted molar refractivity (Wildman–Crippen MR) is 78.3 cm³/mol. The van der Waals surface area contributed by atoms with Crippen LogP contribution in [0.15, 0.2) is 18.3 Å². The molecule has 2 heterocycles. The molecule has 0 saturated carbocycles. The standard InChI is InChI=1S/C15H25N3O/c1-4-7-16-15-14(6-5-8-17-15)10-18-9-13(3)19-11-12(18)2/h5-6,8,12-13H,4,7,9-11H2,1-3H3,(H,16,17). The van der Waals surface area contributed by atoms with Crippen LogP contribution < -0.4 is 5.32 Å². The molecule has 4 nitrogen and oxygen atoms in total. The Bertz CT molecular complexity index is 397. The van der Waals surface area contributed by atoms with Gasteiger partial charge in [-0.25, -0.2) is 4.98 Å². The Morgan fingerprint density at radius 2 is 2.32 bits per heavy atom. The van der Waals surface area contributed by atoms with Gasteiger partial charge in [-0.3, -0.25) is 4.90 Å². The zero-order chi connectivity index (χ0) is 13.7. The Hall–Kier alpha value is -1.13. The Balaban J connectivity index is 2.04. The van der Waals surface area contributed by atoms with E-state index in [4.69, 9.17) is 4.74 Å². The first kappa shape index (κ1) is 14.3. The highest BCUT2D eigenvalue weighted by Crippen LogP contribution is 2.19. The normalized spacial score (nSPS) is 24.4. The van der Waals surface area contributed by atoms with Crippen LogP contribution in [-0.2, 0) is 11.3 Å². The summed E-state index contributed by atoms with van der Waals surface area (Å²) in [6.45, 7) is 10.2. The topological polar surface area (TPSA) is 37.4 Å². The van der Waals surface area contributed by atoms with Crippen molar-refractivity contribution in [3.63, 3.8) is 0 Å². The predicted octanol–water partition coefficient (Wildman–Crippen LogP) is 2.51. The number of hydrogen-bond donors (Lipinski definition) is 1. The summed E-state index contributed by atoms with van der Waals surface area (Å²) < 4.78 is 5.68. The lowest BCUT2D eigenvalue weighted by atomic mass is 10.1. The monoisotopic (exact) mass is 263 g/mol. The molecular formula is C15H25N3O. The highest BCUT2D eigenvalue weighted by molar-refractivity contribution is 5.43. The van der Waals surface area contributed by atoms with Gasteiger partial charge in [0, 0.05) is 37.4 Å². The van der Waals surface area contributed by atoms with Gasteiger partial charge in [0.1, 0.15) is 5.82 Å². The first-order chi connectivity index (χ1) is 9.20. The fraction of sp³-hybridized carbons (Fsp3) is 0.667. The van der Waals surface area contributed by atoms with Gasteiger partial charge >= 0.3 is 0 Å². The molecule has 1 fully saturated rings. The molecule has 1 aliphatic heterocycles. The summed E-state index contributed by atoms with van der Waals surface area (Å²) in [5, 5.41) is 3.41. The number of anilines is 1. The van der Waals surface area contributed by atoms with E-state index in [-0.39, 0.29) is 0 Å². The third kappa shape index (κ3) is 3.91. The minimum Gasteiger partial charge on any atom is -0.376 e. The molecule has 0 radical (unpaired) electrons. The molecule has 0 bridgehead atoms. The summed E-state index contributed by atoms with van der Waals surface area (Å²) in [4.78, 5) is 6.93. The van der Waals surface area contributed by atoms with Crippen molar-refractivity contribution in [2.75, 3.05) is 25.0 Å². The molecule has 0 amide bonds. The van der Waals surface area contributed by atoms with Gasteiger partial charge in [0.15, 0.2) is 0 Å². The lowest BCUT2D eigenvalue weighted by molar-refractivity contribution is -0.0526. The molecule has 0 spiro atoms. The zero-order valence-electron chi connectivity index (χ0n) is 12.2. The molecule has 1 N–H and O–H groups in total. The minimum absolute atomic E-state index is 0.319. The van der Waals surface area contributed by atoms with E-state index >= 15 is 0 Å². The number of rotatable bonds is 5. The van der Waals surface area contributed by atoms with Crippen molar-refractivity contribution in [3.8, 4) is 0 Å². The van der Waals surface area contributed by atoms with E-state index in [9.17, 15) is 0 Å². The van der Waals surface area contributed by atoms with Crippen LogP contribution in [0.1, 0.15) is 32.8 Å². The molecule has 0 aromatic carbocycles. The fourth-order valence-electron chi connectivity index (χ4n) is 2.38. The molecule has 2 unspecified atom stereocenters. The molecule has 4 heteroatoms. The van der Waals surface area contributed by atoms with Gasteiger partial charge in [-0.2, -0.15) is 0 Å². The molecule has 1 aliphatic rings. The number of aromatic nitrogens is 1. The molecule has 106 valence electrons. The van der Waals surface area contributed by atoms with Gasteiger partial charge in [-0.1, -0.05) is 13.0 Å². The van der Waals surface area contributed by atoms with E-state index in [0.29, 0.717) is 12.1 Å². The van der Waals surface area contributed by atoms with Gasteiger partial charge in [0.2, 0.25) is 0 Å². The number of nitrogens with zero attached hydrogens (tertiary/aromatic N) is 2. The summed E-state index contributed by atoms with van der Waals surface area (Å²) in [6.07, 6.45) is 3.29. The molecule has 1 aromatic heterocycles. The number of hydrogen-bond acceptors (Lipinski definition) is 4. The van der Waals surface area contributed by atoms with Gasteiger partial charge in [0.05, 0.1) is 12.7 Å². The summed E-state index contributed by atoms with van der Waals surface area (Å²) >= 11 is 0.